The zero-order chi connectivity index (χ0) is 15.2. The van der Waals surface area contributed by atoms with Crippen molar-refractivity contribution in [2.75, 3.05) is 16.8 Å². The number of nitrogen functional groups attached to an aromatic ring is 1. The first-order valence-electron chi connectivity index (χ1n) is 6.32. The van der Waals surface area contributed by atoms with Crippen LogP contribution >= 0.6 is 34.9 Å². The molecule has 0 fully saturated rings. The van der Waals surface area contributed by atoms with Gasteiger partial charge in [0.05, 0.1) is 10.7 Å². The Balaban J connectivity index is 1.72. The topological polar surface area (TPSA) is 80.9 Å². The van der Waals surface area contributed by atoms with Gasteiger partial charge in [0.1, 0.15) is 5.82 Å². The number of nitrogens with two attached hydrogens (primary N) is 1. The predicted molar refractivity (Wildman–Crippen MR) is 89.1 cm³/mol. The first-order valence-corrected chi connectivity index (χ1v) is 8.46. The molecule has 0 atom stereocenters. The van der Waals surface area contributed by atoms with E-state index in [1.807, 2.05) is 6.92 Å². The van der Waals surface area contributed by atoms with Gasteiger partial charge in [-0.05, 0) is 43.1 Å². The van der Waals surface area contributed by atoms with Gasteiger partial charge in [0.15, 0.2) is 4.34 Å². The number of rotatable bonds is 6. The maximum Gasteiger partial charge on any atom is 0.224 e. The Morgan fingerprint density at radius 1 is 1.52 bits per heavy atom. The SMILES string of the molecule is Cc1nsc(SCCCC(=O)Nc2ccc(N)cc2Cl)n1. The van der Waals surface area contributed by atoms with Crippen molar-refractivity contribution in [1.82, 2.24) is 9.36 Å². The van der Waals surface area contributed by atoms with Crippen molar-refractivity contribution in [3.8, 4) is 0 Å². The maximum absolute atomic E-state index is 11.8. The molecule has 5 nitrogen and oxygen atoms in total. The fourth-order valence-electron chi connectivity index (χ4n) is 1.57. The zero-order valence-corrected chi connectivity index (χ0v) is 13.8. The van der Waals surface area contributed by atoms with E-state index in [-0.39, 0.29) is 5.91 Å². The van der Waals surface area contributed by atoms with Crippen molar-refractivity contribution in [2.45, 2.75) is 24.1 Å². The van der Waals surface area contributed by atoms with Crippen LogP contribution < -0.4 is 11.1 Å². The molecule has 2 aromatic rings. The molecule has 8 heteroatoms. The monoisotopic (exact) mass is 342 g/mol. The number of hydrogen-bond acceptors (Lipinski definition) is 6. The lowest BCUT2D eigenvalue weighted by atomic mass is 10.2. The molecule has 0 radical (unpaired) electrons. The third-order valence-electron chi connectivity index (χ3n) is 2.55. The molecule has 0 saturated carbocycles. The summed E-state index contributed by atoms with van der Waals surface area (Å²) in [4.78, 5) is 16.1. The standard InChI is InChI=1S/C13H15ClN4OS2/c1-8-16-13(21-18-8)20-6-2-3-12(19)17-11-5-4-9(15)7-10(11)14/h4-5,7H,2-3,6,15H2,1H3,(H,17,19). The van der Waals surface area contributed by atoms with E-state index < -0.39 is 0 Å². The molecule has 1 aromatic carbocycles. The van der Waals surface area contributed by atoms with Gasteiger partial charge in [-0.2, -0.15) is 4.37 Å². The van der Waals surface area contributed by atoms with E-state index in [0.717, 1.165) is 22.3 Å². The van der Waals surface area contributed by atoms with Crippen molar-refractivity contribution in [1.29, 1.82) is 0 Å². The molecule has 0 bridgehead atoms. The average Bonchev–Trinajstić information content (AvgIpc) is 2.84. The van der Waals surface area contributed by atoms with E-state index >= 15 is 0 Å². The molecule has 0 unspecified atom stereocenters. The van der Waals surface area contributed by atoms with Gasteiger partial charge >= 0.3 is 0 Å². The van der Waals surface area contributed by atoms with Gasteiger partial charge in [0.25, 0.3) is 0 Å². The third kappa shape index (κ3) is 5.18. The van der Waals surface area contributed by atoms with Crippen molar-refractivity contribution >= 4 is 52.2 Å². The van der Waals surface area contributed by atoms with Gasteiger partial charge in [-0.3, -0.25) is 4.79 Å². The molecule has 1 aromatic heterocycles. The van der Waals surface area contributed by atoms with Gasteiger partial charge in [-0.1, -0.05) is 23.4 Å². The molecule has 0 aliphatic rings. The van der Waals surface area contributed by atoms with Crippen LogP contribution in [0.4, 0.5) is 11.4 Å². The molecule has 1 amide bonds. The number of benzene rings is 1. The molecule has 0 saturated heterocycles. The number of aryl methyl sites for hydroxylation is 1. The van der Waals surface area contributed by atoms with Crippen LogP contribution in [0, 0.1) is 6.92 Å². The Morgan fingerprint density at radius 3 is 3.00 bits per heavy atom. The Hall–Kier alpha value is -1.31. The second-order valence-electron chi connectivity index (χ2n) is 4.35. The molecule has 0 aliphatic heterocycles. The largest absolute Gasteiger partial charge is 0.399 e. The molecule has 0 spiro atoms. The van der Waals surface area contributed by atoms with Gasteiger partial charge in [0, 0.05) is 17.9 Å². The lowest BCUT2D eigenvalue weighted by Gasteiger charge is -2.07. The van der Waals surface area contributed by atoms with Crippen LogP contribution in [0.25, 0.3) is 0 Å². The van der Waals surface area contributed by atoms with Crippen molar-refractivity contribution in [3.63, 3.8) is 0 Å². The lowest BCUT2D eigenvalue weighted by Crippen LogP contribution is -2.11. The number of amides is 1. The van der Waals surface area contributed by atoms with Crippen LogP contribution in [0.1, 0.15) is 18.7 Å². The Labute approximate surface area is 136 Å². The van der Waals surface area contributed by atoms with Crippen LogP contribution in [0.15, 0.2) is 22.5 Å². The summed E-state index contributed by atoms with van der Waals surface area (Å²) in [6.07, 6.45) is 1.20. The summed E-state index contributed by atoms with van der Waals surface area (Å²) in [5.41, 5.74) is 6.76. The predicted octanol–water partition coefficient (Wildman–Crippen LogP) is 3.59. The summed E-state index contributed by atoms with van der Waals surface area (Å²) in [5, 5.41) is 3.23. The van der Waals surface area contributed by atoms with Crippen molar-refractivity contribution in [2.24, 2.45) is 0 Å². The number of carbonyl (C=O) groups is 1. The fraction of sp³-hybridized carbons (Fsp3) is 0.308. The van der Waals surface area contributed by atoms with Crippen LogP contribution in [0.2, 0.25) is 5.02 Å². The van der Waals surface area contributed by atoms with Gasteiger partial charge in [0.2, 0.25) is 5.91 Å². The van der Waals surface area contributed by atoms with E-state index in [1.54, 1.807) is 30.0 Å². The number of thioether (sulfide) groups is 1. The quantitative estimate of drug-likeness (QED) is 0.476. The summed E-state index contributed by atoms with van der Waals surface area (Å²) >= 11 is 9.01. The number of aromatic nitrogens is 2. The van der Waals surface area contributed by atoms with Crippen molar-refractivity contribution in [3.05, 3.63) is 29.0 Å². The van der Waals surface area contributed by atoms with Crippen LogP contribution in [-0.4, -0.2) is 21.0 Å². The number of nitrogens with zero attached hydrogens (tertiary/aromatic N) is 2. The van der Waals surface area contributed by atoms with Crippen LogP contribution in [0.3, 0.4) is 0 Å². The zero-order valence-electron chi connectivity index (χ0n) is 11.4. The summed E-state index contributed by atoms with van der Waals surface area (Å²) in [5.74, 6) is 1.56. The second-order valence-corrected chi connectivity index (χ2v) is 6.85. The number of nitrogens with one attached hydrogen (secondary N) is 1. The molecule has 3 N–H and O–H groups in total. The van der Waals surface area contributed by atoms with E-state index in [9.17, 15) is 4.79 Å². The van der Waals surface area contributed by atoms with E-state index in [2.05, 4.69) is 14.7 Å². The highest BCUT2D eigenvalue weighted by Crippen LogP contribution is 2.24. The number of hydrogen-bond donors (Lipinski definition) is 2. The van der Waals surface area contributed by atoms with E-state index in [4.69, 9.17) is 17.3 Å². The van der Waals surface area contributed by atoms with Crippen molar-refractivity contribution < 1.29 is 4.79 Å². The minimum atomic E-state index is -0.0595. The minimum absolute atomic E-state index is 0.0595. The summed E-state index contributed by atoms with van der Waals surface area (Å²) in [6.45, 7) is 1.87. The molecule has 1 heterocycles. The number of carbonyl (C=O) groups excluding carboxylic acids is 1. The minimum Gasteiger partial charge on any atom is -0.399 e. The third-order valence-corrected chi connectivity index (χ3v) is 4.87. The Bertz CT molecular complexity index is 632. The van der Waals surface area contributed by atoms with Gasteiger partial charge in [-0.15, -0.1) is 0 Å². The highest BCUT2D eigenvalue weighted by atomic mass is 35.5. The molecule has 112 valence electrons. The van der Waals surface area contributed by atoms with E-state index in [0.29, 0.717) is 22.8 Å². The number of anilines is 2. The summed E-state index contributed by atoms with van der Waals surface area (Å²) in [6, 6.07) is 5.02. The maximum atomic E-state index is 11.8. The Kier molecular flexibility index (Phi) is 5.84. The first kappa shape index (κ1) is 16.1. The fourth-order valence-corrected chi connectivity index (χ4v) is 3.47. The average molecular weight is 343 g/mol. The summed E-state index contributed by atoms with van der Waals surface area (Å²) < 4.78 is 5.05. The summed E-state index contributed by atoms with van der Waals surface area (Å²) in [7, 11) is 0. The molecular formula is C13H15ClN4OS2. The molecule has 0 aliphatic carbocycles. The highest BCUT2D eigenvalue weighted by Gasteiger charge is 2.07. The van der Waals surface area contributed by atoms with Gasteiger partial charge < -0.3 is 11.1 Å². The molecule has 21 heavy (non-hydrogen) atoms. The number of halogens is 1. The lowest BCUT2D eigenvalue weighted by molar-refractivity contribution is -0.116. The van der Waals surface area contributed by atoms with Gasteiger partial charge in [-0.25, -0.2) is 4.98 Å². The highest BCUT2D eigenvalue weighted by molar-refractivity contribution is 8.00. The smallest absolute Gasteiger partial charge is 0.224 e. The van der Waals surface area contributed by atoms with E-state index in [1.165, 1.54) is 11.5 Å². The normalized spacial score (nSPS) is 10.6. The van der Waals surface area contributed by atoms with Crippen LogP contribution in [-0.2, 0) is 4.79 Å². The Morgan fingerprint density at radius 2 is 2.33 bits per heavy atom. The van der Waals surface area contributed by atoms with Crippen LogP contribution in [0.5, 0.6) is 0 Å². The molecular weight excluding hydrogens is 328 g/mol. The molecule has 2 rings (SSSR count). The second kappa shape index (κ2) is 7.63. The first-order chi connectivity index (χ1) is 10.0.